The van der Waals surface area contributed by atoms with E-state index in [2.05, 4.69) is 4.98 Å². The zero-order valence-corrected chi connectivity index (χ0v) is 8.09. The topological polar surface area (TPSA) is 48.1 Å². The number of ether oxygens (including phenoxy) is 1. The molecule has 1 aliphatic heterocycles. The van der Waals surface area contributed by atoms with Gasteiger partial charge in [0.05, 0.1) is 18.5 Å². The predicted octanol–water partition coefficient (Wildman–Crippen LogP) is 1.30. The van der Waals surface area contributed by atoms with E-state index in [9.17, 15) is 0 Å². The van der Waals surface area contributed by atoms with Crippen molar-refractivity contribution in [2.24, 2.45) is 0 Å². The average Bonchev–Trinajstić information content (AvgIpc) is 2.01. The summed E-state index contributed by atoms with van der Waals surface area (Å²) in [6.45, 7) is 1.79. The van der Waals surface area contributed by atoms with Crippen molar-refractivity contribution in [2.75, 3.05) is 18.9 Å². The molecule has 13 heavy (non-hydrogen) atoms. The third kappa shape index (κ3) is 2.35. The maximum absolute atomic E-state index is 5.57. The monoisotopic (exact) mass is 196 g/mol. The highest BCUT2D eigenvalue weighted by atomic mass is 32.2. The lowest BCUT2D eigenvalue weighted by Gasteiger charge is -2.25. The van der Waals surface area contributed by atoms with E-state index in [4.69, 9.17) is 10.5 Å². The van der Waals surface area contributed by atoms with Gasteiger partial charge in [0.2, 0.25) is 0 Å². The van der Waals surface area contributed by atoms with Gasteiger partial charge in [-0.2, -0.15) is 0 Å². The second-order valence-corrected chi connectivity index (χ2v) is 4.35. The van der Waals surface area contributed by atoms with Gasteiger partial charge in [-0.3, -0.25) is 0 Å². The maximum atomic E-state index is 5.57. The van der Waals surface area contributed by atoms with Crippen molar-refractivity contribution in [2.45, 2.75) is 11.0 Å². The van der Waals surface area contributed by atoms with Crippen LogP contribution < -0.4 is 5.73 Å². The first kappa shape index (κ1) is 8.84. The molecule has 1 aromatic rings. The van der Waals surface area contributed by atoms with E-state index < -0.39 is 0 Å². The first-order valence-electron chi connectivity index (χ1n) is 4.24. The van der Waals surface area contributed by atoms with Crippen LogP contribution in [0.1, 0.15) is 5.56 Å². The van der Waals surface area contributed by atoms with Gasteiger partial charge in [-0.15, -0.1) is 11.8 Å². The molecule has 0 aliphatic carbocycles. The van der Waals surface area contributed by atoms with Gasteiger partial charge in [-0.1, -0.05) is 0 Å². The van der Waals surface area contributed by atoms with Gasteiger partial charge in [0, 0.05) is 11.9 Å². The van der Waals surface area contributed by atoms with Gasteiger partial charge in [-0.05, 0) is 17.7 Å². The van der Waals surface area contributed by atoms with Gasteiger partial charge in [-0.25, -0.2) is 4.98 Å². The van der Waals surface area contributed by atoms with Crippen molar-refractivity contribution in [3.63, 3.8) is 0 Å². The summed E-state index contributed by atoms with van der Waals surface area (Å²) in [6.07, 6.45) is 1.75. The Hall–Kier alpha value is -0.740. The number of rotatable bonds is 3. The standard InChI is InChI=1S/C9H12N2OS/c10-9-3-7(1-2-11-9)6-13-8-4-12-5-8/h1-3,8H,4-6H2,(H2,10,11). The summed E-state index contributed by atoms with van der Waals surface area (Å²) < 4.78 is 5.09. The largest absolute Gasteiger partial charge is 0.384 e. The van der Waals surface area contributed by atoms with Crippen LogP contribution in [0.15, 0.2) is 18.3 Å². The van der Waals surface area contributed by atoms with E-state index in [1.807, 2.05) is 23.9 Å². The van der Waals surface area contributed by atoms with Crippen LogP contribution >= 0.6 is 11.8 Å². The fraction of sp³-hybridized carbons (Fsp3) is 0.444. The van der Waals surface area contributed by atoms with Gasteiger partial charge in [0.25, 0.3) is 0 Å². The number of nitrogen functional groups attached to an aromatic ring is 1. The summed E-state index contributed by atoms with van der Waals surface area (Å²) in [5.74, 6) is 1.60. The van der Waals surface area contributed by atoms with Crippen LogP contribution in [0, 0.1) is 0 Å². The average molecular weight is 196 g/mol. The van der Waals surface area contributed by atoms with Crippen LogP contribution in [0.4, 0.5) is 5.82 Å². The quantitative estimate of drug-likeness (QED) is 0.791. The van der Waals surface area contributed by atoms with Crippen LogP contribution in [0.2, 0.25) is 0 Å². The number of pyridine rings is 1. The molecule has 3 nitrogen and oxygen atoms in total. The van der Waals surface area contributed by atoms with Crippen LogP contribution in [0.5, 0.6) is 0 Å². The fourth-order valence-electron chi connectivity index (χ4n) is 1.11. The first-order chi connectivity index (χ1) is 6.34. The smallest absolute Gasteiger partial charge is 0.123 e. The lowest BCUT2D eigenvalue weighted by atomic mass is 10.3. The minimum absolute atomic E-state index is 0.600. The molecule has 1 saturated heterocycles. The molecule has 1 fully saturated rings. The third-order valence-electron chi connectivity index (χ3n) is 1.94. The Morgan fingerprint density at radius 1 is 1.62 bits per heavy atom. The Labute approximate surface area is 81.7 Å². The molecule has 1 aliphatic rings. The van der Waals surface area contributed by atoms with Gasteiger partial charge in [0.1, 0.15) is 5.82 Å². The number of hydrogen-bond acceptors (Lipinski definition) is 4. The van der Waals surface area contributed by atoms with Gasteiger partial charge < -0.3 is 10.5 Å². The molecule has 0 radical (unpaired) electrons. The molecule has 0 saturated carbocycles. The maximum Gasteiger partial charge on any atom is 0.123 e. The highest BCUT2D eigenvalue weighted by Crippen LogP contribution is 2.23. The molecule has 2 heterocycles. The molecular weight excluding hydrogens is 184 g/mol. The fourth-order valence-corrected chi connectivity index (χ4v) is 2.10. The summed E-state index contributed by atoms with van der Waals surface area (Å²) >= 11 is 1.92. The van der Waals surface area contributed by atoms with Crippen molar-refractivity contribution < 1.29 is 4.74 Å². The van der Waals surface area contributed by atoms with Gasteiger partial charge >= 0.3 is 0 Å². The van der Waals surface area contributed by atoms with E-state index in [0.29, 0.717) is 11.1 Å². The highest BCUT2D eigenvalue weighted by molar-refractivity contribution is 7.99. The highest BCUT2D eigenvalue weighted by Gasteiger charge is 2.18. The second kappa shape index (κ2) is 3.98. The number of aromatic nitrogens is 1. The zero-order chi connectivity index (χ0) is 9.10. The van der Waals surface area contributed by atoms with E-state index in [0.717, 1.165) is 19.0 Å². The SMILES string of the molecule is Nc1cc(CSC2COC2)ccn1. The Morgan fingerprint density at radius 3 is 3.08 bits per heavy atom. The number of nitrogens with zero attached hydrogens (tertiary/aromatic N) is 1. The summed E-state index contributed by atoms with van der Waals surface area (Å²) in [7, 11) is 0. The Bertz CT molecular complexity index is 289. The second-order valence-electron chi connectivity index (χ2n) is 3.06. The molecule has 70 valence electrons. The van der Waals surface area contributed by atoms with E-state index in [-0.39, 0.29) is 0 Å². The Kier molecular flexibility index (Phi) is 2.71. The van der Waals surface area contributed by atoms with Crippen LogP contribution in [0.25, 0.3) is 0 Å². The summed E-state index contributed by atoms with van der Waals surface area (Å²) in [4.78, 5) is 3.94. The zero-order valence-electron chi connectivity index (χ0n) is 7.27. The molecular formula is C9H12N2OS. The Morgan fingerprint density at radius 2 is 2.46 bits per heavy atom. The molecule has 1 aromatic heterocycles. The molecule has 0 amide bonds. The van der Waals surface area contributed by atoms with E-state index in [1.165, 1.54) is 5.56 Å². The molecule has 2 rings (SSSR count). The number of hydrogen-bond donors (Lipinski definition) is 1. The van der Waals surface area contributed by atoms with E-state index >= 15 is 0 Å². The lowest BCUT2D eigenvalue weighted by Crippen LogP contribution is -2.30. The summed E-state index contributed by atoms with van der Waals surface area (Å²) in [5, 5.41) is 0.675. The molecule has 0 unspecified atom stereocenters. The minimum Gasteiger partial charge on any atom is -0.384 e. The first-order valence-corrected chi connectivity index (χ1v) is 5.29. The predicted molar refractivity (Wildman–Crippen MR) is 54.6 cm³/mol. The van der Waals surface area contributed by atoms with Gasteiger partial charge in [0.15, 0.2) is 0 Å². The van der Waals surface area contributed by atoms with Crippen molar-refractivity contribution in [3.8, 4) is 0 Å². The third-order valence-corrected chi connectivity index (χ3v) is 3.18. The van der Waals surface area contributed by atoms with Crippen molar-refractivity contribution in [3.05, 3.63) is 23.9 Å². The Balaban J connectivity index is 1.86. The summed E-state index contributed by atoms with van der Waals surface area (Å²) in [6, 6.07) is 3.93. The minimum atomic E-state index is 0.600. The lowest BCUT2D eigenvalue weighted by molar-refractivity contribution is 0.0455. The molecule has 0 bridgehead atoms. The van der Waals surface area contributed by atoms with Crippen LogP contribution in [0.3, 0.4) is 0 Å². The van der Waals surface area contributed by atoms with Crippen molar-refractivity contribution >= 4 is 17.6 Å². The number of thioether (sulfide) groups is 1. The molecule has 2 N–H and O–H groups in total. The molecule has 4 heteroatoms. The van der Waals surface area contributed by atoms with Crippen LogP contribution in [-0.4, -0.2) is 23.4 Å². The van der Waals surface area contributed by atoms with Crippen LogP contribution in [-0.2, 0) is 10.5 Å². The normalized spacial score (nSPS) is 16.9. The number of nitrogens with two attached hydrogens (primary N) is 1. The molecule has 0 atom stereocenters. The molecule has 0 aromatic carbocycles. The van der Waals surface area contributed by atoms with E-state index in [1.54, 1.807) is 6.20 Å². The van der Waals surface area contributed by atoms with Crippen molar-refractivity contribution in [1.29, 1.82) is 0 Å². The number of anilines is 1. The summed E-state index contributed by atoms with van der Waals surface area (Å²) in [5.41, 5.74) is 6.81. The van der Waals surface area contributed by atoms with Crippen molar-refractivity contribution in [1.82, 2.24) is 4.98 Å². The molecule has 0 spiro atoms.